The van der Waals surface area contributed by atoms with Gasteiger partial charge < -0.3 is 0 Å². The van der Waals surface area contributed by atoms with Crippen LogP contribution in [0.3, 0.4) is 0 Å². The van der Waals surface area contributed by atoms with E-state index in [-0.39, 0.29) is 0 Å². The van der Waals surface area contributed by atoms with Gasteiger partial charge in [0.25, 0.3) is 0 Å². The molecule has 1 heteroatoms. The third kappa shape index (κ3) is 5.27. The van der Waals surface area contributed by atoms with Crippen molar-refractivity contribution in [2.24, 2.45) is 0 Å². The largest absolute Gasteiger partial charge is 0.256 e. The third-order valence-electron chi connectivity index (χ3n) is 6.75. The Bertz CT molecular complexity index is 1620. The first kappa shape index (κ1) is 22.7. The third-order valence-corrected chi connectivity index (χ3v) is 6.75. The van der Waals surface area contributed by atoms with E-state index in [1.54, 1.807) is 0 Å². The van der Waals surface area contributed by atoms with Crippen molar-refractivity contribution in [3.63, 3.8) is 0 Å². The summed E-state index contributed by atoms with van der Waals surface area (Å²) < 4.78 is 0. The predicted octanol–water partition coefficient (Wildman–Crippen LogP) is 9.34. The van der Waals surface area contributed by atoms with Crippen LogP contribution in [-0.4, -0.2) is 4.98 Å². The van der Waals surface area contributed by atoms with Crippen molar-refractivity contribution in [1.29, 1.82) is 0 Å². The van der Waals surface area contributed by atoms with E-state index in [0.717, 1.165) is 17.7 Å². The standard InChI is InChI=1S/C36H27N/c1-2-9-27(10-3-1)23-28-18-20-29(21-19-28)30-11-6-12-31(24-30)32-13-7-14-33(25-32)34-15-8-16-35(26-34)36-17-4-5-22-37-36/h1-22,24-26H,23H2. The minimum absolute atomic E-state index is 0.954. The molecule has 0 aliphatic heterocycles. The van der Waals surface area contributed by atoms with E-state index in [1.165, 1.54) is 44.5 Å². The van der Waals surface area contributed by atoms with Crippen LogP contribution in [0.5, 0.6) is 0 Å². The second-order valence-electron chi connectivity index (χ2n) is 9.32. The number of rotatable bonds is 6. The summed E-state index contributed by atoms with van der Waals surface area (Å²) in [6.45, 7) is 0. The molecule has 0 saturated carbocycles. The normalized spacial score (nSPS) is 10.8. The average molecular weight is 474 g/mol. The van der Waals surface area contributed by atoms with Crippen molar-refractivity contribution in [1.82, 2.24) is 4.98 Å². The first-order chi connectivity index (χ1) is 18.3. The maximum Gasteiger partial charge on any atom is 0.0702 e. The molecule has 5 aromatic carbocycles. The van der Waals surface area contributed by atoms with Crippen LogP contribution in [0.2, 0.25) is 0 Å². The average Bonchev–Trinajstić information content (AvgIpc) is 2.99. The summed E-state index contributed by atoms with van der Waals surface area (Å²) in [7, 11) is 0. The van der Waals surface area contributed by atoms with Gasteiger partial charge in [-0.25, -0.2) is 0 Å². The van der Waals surface area contributed by atoms with E-state index in [0.29, 0.717) is 0 Å². The number of hydrogen-bond acceptors (Lipinski definition) is 1. The molecule has 0 unspecified atom stereocenters. The number of benzene rings is 5. The molecule has 0 atom stereocenters. The fraction of sp³-hybridized carbons (Fsp3) is 0.0278. The topological polar surface area (TPSA) is 12.9 Å². The van der Waals surface area contributed by atoms with E-state index in [2.05, 4.69) is 138 Å². The van der Waals surface area contributed by atoms with Gasteiger partial charge in [0.05, 0.1) is 5.69 Å². The maximum atomic E-state index is 4.51. The highest BCUT2D eigenvalue weighted by atomic mass is 14.7. The van der Waals surface area contributed by atoms with Crippen LogP contribution in [-0.2, 0) is 6.42 Å². The van der Waals surface area contributed by atoms with Gasteiger partial charge in [0.1, 0.15) is 0 Å². The Morgan fingerprint density at radius 1 is 0.351 bits per heavy atom. The van der Waals surface area contributed by atoms with Crippen molar-refractivity contribution < 1.29 is 0 Å². The Morgan fingerprint density at radius 2 is 0.838 bits per heavy atom. The summed E-state index contributed by atoms with van der Waals surface area (Å²) >= 11 is 0. The van der Waals surface area contributed by atoms with Crippen molar-refractivity contribution in [2.45, 2.75) is 6.42 Å². The minimum atomic E-state index is 0.954. The predicted molar refractivity (Wildman–Crippen MR) is 155 cm³/mol. The summed E-state index contributed by atoms with van der Waals surface area (Å²) in [6.07, 6.45) is 2.79. The molecule has 6 rings (SSSR count). The number of pyridine rings is 1. The molecule has 0 spiro atoms. The van der Waals surface area contributed by atoms with Gasteiger partial charge in [-0.2, -0.15) is 0 Å². The van der Waals surface area contributed by atoms with E-state index >= 15 is 0 Å². The Labute approximate surface area is 218 Å². The van der Waals surface area contributed by atoms with Crippen LogP contribution < -0.4 is 0 Å². The lowest BCUT2D eigenvalue weighted by Crippen LogP contribution is -1.88. The van der Waals surface area contributed by atoms with E-state index in [9.17, 15) is 0 Å². The summed E-state index contributed by atoms with van der Waals surface area (Å²) in [6, 6.07) is 51.8. The Balaban J connectivity index is 1.26. The lowest BCUT2D eigenvalue weighted by molar-refractivity contribution is 1.19. The molecular weight excluding hydrogens is 446 g/mol. The van der Waals surface area contributed by atoms with Gasteiger partial charge in [0, 0.05) is 11.8 Å². The Morgan fingerprint density at radius 3 is 1.41 bits per heavy atom. The van der Waals surface area contributed by atoms with Crippen LogP contribution in [0.15, 0.2) is 152 Å². The molecule has 0 saturated heterocycles. The Kier molecular flexibility index (Phi) is 6.43. The fourth-order valence-corrected chi connectivity index (χ4v) is 4.79. The molecule has 37 heavy (non-hydrogen) atoms. The van der Waals surface area contributed by atoms with Gasteiger partial charge in [0.15, 0.2) is 0 Å². The number of nitrogens with zero attached hydrogens (tertiary/aromatic N) is 1. The molecule has 0 bridgehead atoms. The summed E-state index contributed by atoms with van der Waals surface area (Å²) in [5.41, 5.74) is 12.1. The molecule has 0 aliphatic rings. The molecule has 0 radical (unpaired) electrons. The van der Waals surface area contributed by atoms with E-state index in [4.69, 9.17) is 0 Å². The molecule has 1 nitrogen and oxygen atoms in total. The van der Waals surface area contributed by atoms with E-state index in [1.807, 2.05) is 18.3 Å². The number of hydrogen-bond donors (Lipinski definition) is 0. The quantitative estimate of drug-likeness (QED) is 0.235. The summed E-state index contributed by atoms with van der Waals surface area (Å²) in [5, 5.41) is 0. The van der Waals surface area contributed by atoms with Crippen LogP contribution in [0.1, 0.15) is 11.1 Å². The molecule has 0 N–H and O–H groups in total. The second-order valence-corrected chi connectivity index (χ2v) is 9.32. The van der Waals surface area contributed by atoms with Crippen molar-refractivity contribution in [3.8, 4) is 44.6 Å². The van der Waals surface area contributed by atoms with Gasteiger partial charge in [-0.3, -0.25) is 4.98 Å². The molecule has 1 aromatic heterocycles. The fourth-order valence-electron chi connectivity index (χ4n) is 4.79. The molecule has 0 aliphatic carbocycles. The van der Waals surface area contributed by atoms with Crippen LogP contribution >= 0.6 is 0 Å². The molecule has 0 fully saturated rings. The van der Waals surface area contributed by atoms with Crippen molar-refractivity contribution >= 4 is 0 Å². The van der Waals surface area contributed by atoms with Gasteiger partial charge in [-0.05, 0) is 81.3 Å². The molecule has 0 amide bonds. The first-order valence-electron chi connectivity index (χ1n) is 12.7. The van der Waals surface area contributed by atoms with Gasteiger partial charge in [0.2, 0.25) is 0 Å². The Hall–Kier alpha value is -4.75. The van der Waals surface area contributed by atoms with Gasteiger partial charge in [-0.1, -0.05) is 115 Å². The molecule has 176 valence electrons. The highest BCUT2D eigenvalue weighted by molar-refractivity contribution is 5.78. The SMILES string of the molecule is c1ccc(Cc2ccc(-c3cccc(-c4cccc(-c5cccc(-c6ccccn6)c5)c4)c3)cc2)cc1. The lowest BCUT2D eigenvalue weighted by atomic mass is 9.95. The lowest BCUT2D eigenvalue weighted by Gasteiger charge is -2.10. The monoisotopic (exact) mass is 473 g/mol. The zero-order valence-corrected chi connectivity index (χ0v) is 20.6. The van der Waals surface area contributed by atoms with Gasteiger partial charge in [-0.15, -0.1) is 0 Å². The number of aromatic nitrogens is 1. The smallest absolute Gasteiger partial charge is 0.0702 e. The van der Waals surface area contributed by atoms with Crippen LogP contribution in [0.25, 0.3) is 44.6 Å². The van der Waals surface area contributed by atoms with Crippen molar-refractivity contribution in [3.05, 3.63) is 163 Å². The van der Waals surface area contributed by atoms with Gasteiger partial charge >= 0.3 is 0 Å². The van der Waals surface area contributed by atoms with Crippen molar-refractivity contribution in [2.75, 3.05) is 0 Å². The molecule has 6 aromatic rings. The second kappa shape index (κ2) is 10.5. The minimum Gasteiger partial charge on any atom is -0.256 e. The molecule has 1 heterocycles. The zero-order valence-electron chi connectivity index (χ0n) is 20.6. The molecular formula is C36H27N. The summed E-state index contributed by atoms with van der Waals surface area (Å²) in [4.78, 5) is 4.51. The first-order valence-corrected chi connectivity index (χ1v) is 12.7. The van der Waals surface area contributed by atoms with Crippen LogP contribution in [0, 0.1) is 0 Å². The highest BCUT2D eigenvalue weighted by Crippen LogP contribution is 2.31. The summed E-state index contributed by atoms with van der Waals surface area (Å²) in [5.74, 6) is 0. The zero-order chi connectivity index (χ0) is 24.9. The van der Waals surface area contributed by atoms with Crippen LogP contribution in [0.4, 0.5) is 0 Å². The maximum absolute atomic E-state index is 4.51. The highest BCUT2D eigenvalue weighted by Gasteiger charge is 2.06. The van der Waals surface area contributed by atoms with E-state index < -0.39 is 0 Å².